The Kier molecular flexibility index (Phi) is 5.96. The van der Waals surface area contributed by atoms with Crippen molar-refractivity contribution in [2.24, 2.45) is 0 Å². The van der Waals surface area contributed by atoms with Crippen LogP contribution in [0.2, 0.25) is 5.02 Å². The molecule has 134 valence electrons. The second-order valence-electron chi connectivity index (χ2n) is 5.48. The first-order chi connectivity index (χ1) is 12.6. The van der Waals surface area contributed by atoms with Crippen molar-refractivity contribution in [1.29, 1.82) is 0 Å². The Balaban J connectivity index is 1.71. The highest BCUT2D eigenvalue weighted by Crippen LogP contribution is 2.33. The number of thioether (sulfide) groups is 1. The monoisotopic (exact) mass is 390 g/mol. The summed E-state index contributed by atoms with van der Waals surface area (Å²) in [6.45, 7) is 2.06. The summed E-state index contributed by atoms with van der Waals surface area (Å²) in [7, 11) is 0. The first-order valence-corrected chi connectivity index (χ1v) is 9.31. The number of halogens is 2. The minimum Gasteiger partial charge on any atom is -0.360 e. The van der Waals surface area contributed by atoms with E-state index in [2.05, 4.69) is 10.5 Å². The maximum atomic E-state index is 14.2. The van der Waals surface area contributed by atoms with Gasteiger partial charge in [-0.2, -0.15) is 0 Å². The molecule has 0 aliphatic rings. The quantitative estimate of drug-likeness (QED) is 0.477. The van der Waals surface area contributed by atoms with Gasteiger partial charge in [0.1, 0.15) is 22.8 Å². The van der Waals surface area contributed by atoms with Crippen molar-refractivity contribution in [2.45, 2.75) is 11.8 Å². The molecule has 7 heteroatoms. The average Bonchev–Trinajstić information content (AvgIpc) is 3.01. The first kappa shape index (κ1) is 18.5. The third-order valence-corrected chi connectivity index (χ3v) is 5.02. The second-order valence-corrected chi connectivity index (χ2v) is 7.05. The number of nitrogens with one attached hydrogen (secondary N) is 1. The van der Waals surface area contributed by atoms with E-state index < -0.39 is 5.82 Å². The molecule has 0 saturated heterocycles. The topological polar surface area (TPSA) is 55.1 Å². The van der Waals surface area contributed by atoms with Crippen molar-refractivity contribution in [3.63, 3.8) is 0 Å². The Morgan fingerprint density at radius 2 is 2.00 bits per heavy atom. The largest absolute Gasteiger partial charge is 0.360 e. The number of benzene rings is 2. The highest BCUT2D eigenvalue weighted by molar-refractivity contribution is 7.99. The van der Waals surface area contributed by atoms with Crippen LogP contribution in [0.4, 0.5) is 4.39 Å². The molecular weight excluding hydrogens is 375 g/mol. The van der Waals surface area contributed by atoms with Crippen molar-refractivity contribution in [1.82, 2.24) is 10.5 Å². The van der Waals surface area contributed by atoms with Gasteiger partial charge < -0.3 is 9.84 Å². The number of amides is 1. The van der Waals surface area contributed by atoms with Crippen LogP contribution < -0.4 is 5.32 Å². The molecule has 0 unspecified atom stereocenters. The van der Waals surface area contributed by atoms with E-state index in [1.807, 2.05) is 30.3 Å². The number of carbonyl (C=O) groups excluding carboxylic acids is 1. The van der Waals surface area contributed by atoms with Gasteiger partial charge in [-0.15, -0.1) is 11.8 Å². The number of hydrogen-bond acceptors (Lipinski definition) is 4. The molecular formula is C19H16ClFN2O2S. The van der Waals surface area contributed by atoms with Crippen LogP contribution in [0, 0.1) is 12.7 Å². The predicted molar refractivity (Wildman–Crippen MR) is 101 cm³/mol. The molecule has 0 saturated carbocycles. The van der Waals surface area contributed by atoms with Gasteiger partial charge in [-0.05, 0) is 31.2 Å². The summed E-state index contributed by atoms with van der Waals surface area (Å²) in [4.78, 5) is 13.7. The zero-order valence-electron chi connectivity index (χ0n) is 14.0. The Bertz CT molecular complexity index is 895. The standard InChI is InChI=1S/C19H16ClFN2O2S/c1-12-16(18(23-25-12)17-14(20)8-5-9-15(17)21)19(24)22-10-11-26-13-6-3-2-4-7-13/h2-9H,10-11H2,1H3,(H,22,24). The summed E-state index contributed by atoms with van der Waals surface area (Å²) < 4.78 is 19.3. The van der Waals surface area contributed by atoms with Crippen LogP contribution in [0.5, 0.6) is 0 Å². The van der Waals surface area contributed by atoms with E-state index >= 15 is 0 Å². The fraction of sp³-hybridized carbons (Fsp3) is 0.158. The zero-order valence-corrected chi connectivity index (χ0v) is 15.5. The van der Waals surface area contributed by atoms with E-state index in [1.54, 1.807) is 24.8 Å². The lowest BCUT2D eigenvalue weighted by molar-refractivity contribution is 0.0955. The number of carbonyl (C=O) groups is 1. The summed E-state index contributed by atoms with van der Waals surface area (Å²) in [6.07, 6.45) is 0. The van der Waals surface area contributed by atoms with Crippen LogP contribution in [0.25, 0.3) is 11.3 Å². The average molecular weight is 391 g/mol. The van der Waals surface area contributed by atoms with Crippen molar-refractivity contribution in [3.05, 3.63) is 70.7 Å². The summed E-state index contributed by atoms with van der Waals surface area (Å²) >= 11 is 7.72. The molecule has 3 rings (SSSR count). The molecule has 26 heavy (non-hydrogen) atoms. The molecule has 1 N–H and O–H groups in total. The normalized spacial score (nSPS) is 10.7. The zero-order chi connectivity index (χ0) is 18.5. The molecule has 1 aromatic heterocycles. The lowest BCUT2D eigenvalue weighted by atomic mass is 10.0. The maximum Gasteiger partial charge on any atom is 0.257 e. The number of aromatic nitrogens is 1. The van der Waals surface area contributed by atoms with Crippen LogP contribution >= 0.6 is 23.4 Å². The molecule has 0 bridgehead atoms. The summed E-state index contributed by atoms with van der Waals surface area (Å²) in [5.74, 6) is 0.0920. The molecule has 0 radical (unpaired) electrons. The lowest BCUT2D eigenvalue weighted by Gasteiger charge is -2.07. The van der Waals surface area contributed by atoms with Gasteiger partial charge in [0.05, 0.1) is 10.6 Å². The minimum atomic E-state index is -0.556. The Hall–Kier alpha value is -2.31. The molecule has 0 atom stereocenters. The van der Waals surface area contributed by atoms with E-state index in [-0.39, 0.29) is 27.8 Å². The van der Waals surface area contributed by atoms with Gasteiger partial charge in [0.15, 0.2) is 0 Å². The highest BCUT2D eigenvalue weighted by atomic mass is 35.5. The SMILES string of the molecule is Cc1onc(-c2c(F)cccc2Cl)c1C(=O)NCCSc1ccccc1. The molecule has 2 aromatic carbocycles. The molecule has 0 spiro atoms. The molecule has 0 aliphatic carbocycles. The number of rotatable bonds is 6. The number of hydrogen-bond donors (Lipinski definition) is 1. The summed E-state index contributed by atoms with van der Waals surface area (Å²) in [6, 6.07) is 14.2. The third-order valence-electron chi connectivity index (χ3n) is 3.69. The van der Waals surface area contributed by atoms with E-state index in [1.165, 1.54) is 12.1 Å². The van der Waals surface area contributed by atoms with Crippen molar-refractivity contribution < 1.29 is 13.7 Å². The maximum absolute atomic E-state index is 14.2. The molecule has 3 aromatic rings. The van der Waals surface area contributed by atoms with Gasteiger partial charge in [-0.25, -0.2) is 4.39 Å². The molecule has 0 fully saturated rings. The number of nitrogens with zero attached hydrogens (tertiary/aromatic N) is 1. The summed E-state index contributed by atoms with van der Waals surface area (Å²) in [5.41, 5.74) is 0.371. The van der Waals surface area contributed by atoms with Crippen LogP contribution in [0.1, 0.15) is 16.1 Å². The van der Waals surface area contributed by atoms with Crippen molar-refractivity contribution >= 4 is 29.3 Å². The van der Waals surface area contributed by atoms with Gasteiger partial charge >= 0.3 is 0 Å². The highest BCUT2D eigenvalue weighted by Gasteiger charge is 2.25. The molecule has 4 nitrogen and oxygen atoms in total. The van der Waals surface area contributed by atoms with Gasteiger partial charge in [0.25, 0.3) is 5.91 Å². The van der Waals surface area contributed by atoms with Crippen LogP contribution in [0.15, 0.2) is 57.9 Å². The molecule has 0 aliphatic heterocycles. The predicted octanol–water partition coefficient (Wildman–Crippen LogP) is 4.96. The van der Waals surface area contributed by atoms with Gasteiger partial charge in [0, 0.05) is 17.2 Å². The van der Waals surface area contributed by atoms with E-state index in [9.17, 15) is 9.18 Å². The van der Waals surface area contributed by atoms with Gasteiger partial charge in [0.2, 0.25) is 0 Å². The first-order valence-electron chi connectivity index (χ1n) is 7.94. The van der Waals surface area contributed by atoms with E-state index in [0.29, 0.717) is 18.1 Å². The Labute approximate surface area is 159 Å². The fourth-order valence-electron chi connectivity index (χ4n) is 2.47. The second kappa shape index (κ2) is 8.38. The Morgan fingerprint density at radius 1 is 1.23 bits per heavy atom. The Morgan fingerprint density at radius 3 is 2.73 bits per heavy atom. The molecule has 1 amide bonds. The van der Waals surface area contributed by atoms with Crippen LogP contribution in [-0.4, -0.2) is 23.4 Å². The summed E-state index contributed by atoms with van der Waals surface area (Å²) in [5, 5.41) is 6.83. The van der Waals surface area contributed by atoms with Crippen molar-refractivity contribution in [2.75, 3.05) is 12.3 Å². The lowest BCUT2D eigenvalue weighted by Crippen LogP contribution is -2.26. The fourth-order valence-corrected chi connectivity index (χ4v) is 3.51. The smallest absolute Gasteiger partial charge is 0.257 e. The minimum absolute atomic E-state index is 0.0647. The number of aryl methyl sites for hydroxylation is 1. The van der Waals surface area contributed by atoms with Crippen molar-refractivity contribution in [3.8, 4) is 11.3 Å². The van der Waals surface area contributed by atoms with Gasteiger partial charge in [-0.1, -0.05) is 41.0 Å². The van der Waals surface area contributed by atoms with Crippen LogP contribution in [0.3, 0.4) is 0 Å². The molecule has 1 heterocycles. The third kappa shape index (κ3) is 4.08. The van der Waals surface area contributed by atoms with Crippen LogP contribution in [-0.2, 0) is 0 Å². The van der Waals surface area contributed by atoms with Gasteiger partial charge in [-0.3, -0.25) is 4.79 Å². The van der Waals surface area contributed by atoms with E-state index in [0.717, 1.165) is 4.90 Å². The van der Waals surface area contributed by atoms with E-state index in [4.69, 9.17) is 16.1 Å².